The van der Waals surface area contributed by atoms with Crippen LogP contribution < -0.4 is 5.32 Å². The van der Waals surface area contributed by atoms with Crippen LogP contribution in [0.4, 0.5) is 11.5 Å². The van der Waals surface area contributed by atoms with Gasteiger partial charge in [0.05, 0.1) is 0 Å². The Balaban J connectivity index is 2.13. The van der Waals surface area contributed by atoms with Gasteiger partial charge in [0.25, 0.3) is 0 Å². The van der Waals surface area contributed by atoms with Crippen molar-refractivity contribution < 1.29 is 0 Å². The maximum atomic E-state index is 4.29. The van der Waals surface area contributed by atoms with Crippen LogP contribution in [-0.2, 0) is 0 Å². The van der Waals surface area contributed by atoms with E-state index in [1.54, 1.807) is 12.4 Å². The molecule has 0 unspecified atom stereocenters. The first-order valence-corrected chi connectivity index (χ1v) is 5.10. The molecule has 3 nitrogen and oxygen atoms in total. The van der Waals surface area contributed by atoms with Crippen molar-refractivity contribution in [2.45, 2.75) is 32.2 Å². The van der Waals surface area contributed by atoms with Gasteiger partial charge >= 0.3 is 0 Å². The van der Waals surface area contributed by atoms with E-state index in [-0.39, 0.29) is 0 Å². The summed E-state index contributed by atoms with van der Waals surface area (Å²) >= 11 is 0. The van der Waals surface area contributed by atoms with E-state index in [2.05, 4.69) is 15.3 Å². The van der Waals surface area contributed by atoms with Gasteiger partial charge in [-0.1, -0.05) is 0 Å². The van der Waals surface area contributed by atoms with E-state index < -0.39 is 0 Å². The Morgan fingerprint density at radius 1 is 1.57 bits per heavy atom. The molecule has 0 atom stereocenters. The molecular weight excluding hydrogens is 174 g/mol. The van der Waals surface area contributed by atoms with E-state index in [9.17, 15) is 0 Å². The molecule has 0 amide bonds. The molecule has 1 aliphatic carbocycles. The van der Waals surface area contributed by atoms with Gasteiger partial charge in [-0.15, -0.1) is 0 Å². The summed E-state index contributed by atoms with van der Waals surface area (Å²) < 4.78 is 0. The third-order valence-electron chi connectivity index (χ3n) is 2.50. The van der Waals surface area contributed by atoms with Crippen molar-refractivity contribution in [3.05, 3.63) is 18.3 Å². The number of aromatic nitrogens is 1. The topological polar surface area (TPSA) is 37.3 Å². The van der Waals surface area contributed by atoms with Crippen LogP contribution >= 0.6 is 0 Å². The molecule has 1 aromatic heterocycles. The lowest BCUT2D eigenvalue weighted by molar-refractivity contribution is 0.444. The summed E-state index contributed by atoms with van der Waals surface area (Å²) in [5.74, 6) is 0.912. The third kappa shape index (κ3) is 1.92. The lowest BCUT2D eigenvalue weighted by atomic mass is 9.93. The Hall–Kier alpha value is -1.38. The molecule has 0 aliphatic heterocycles. The highest BCUT2D eigenvalue weighted by Gasteiger charge is 2.18. The summed E-state index contributed by atoms with van der Waals surface area (Å²) in [5.41, 5.74) is 0.932. The number of hydrogen-bond acceptors (Lipinski definition) is 3. The van der Waals surface area contributed by atoms with Gasteiger partial charge in [-0.25, -0.2) is 4.98 Å². The summed E-state index contributed by atoms with van der Waals surface area (Å²) in [6, 6.07) is 4.50. The van der Waals surface area contributed by atoms with Crippen LogP contribution in [0.5, 0.6) is 0 Å². The number of hydrogen-bond donors (Lipinski definition) is 1. The van der Waals surface area contributed by atoms with E-state index in [1.807, 2.05) is 19.1 Å². The van der Waals surface area contributed by atoms with Crippen molar-refractivity contribution in [2.75, 3.05) is 5.32 Å². The number of pyridine rings is 1. The Bertz CT molecular complexity index is 329. The van der Waals surface area contributed by atoms with E-state index in [0.29, 0.717) is 6.04 Å². The Labute approximate surface area is 84.3 Å². The second kappa shape index (κ2) is 4.22. The van der Waals surface area contributed by atoms with Crippen LogP contribution in [0.3, 0.4) is 0 Å². The molecule has 14 heavy (non-hydrogen) atoms. The van der Waals surface area contributed by atoms with E-state index in [0.717, 1.165) is 11.5 Å². The number of nitrogens with one attached hydrogen (secondary N) is 1. The predicted molar refractivity (Wildman–Crippen MR) is 59.3 cm³/mol. The van der Waals surface area contributed by atoms with Crippen LogP contribution in [0.2, 0.25) is 0 Å². The third-order valence-corrected chi connectivity index (χ3v) is 2.50. The van der Waals surface area contributed by atoms with Crippen molar-refractivity contribution in [3.8, 4) is 0 Å². The number of anilines is 1. The van der Waals surface area contributed by atoms with Gasteiger partial charge in [-0.05, 0) is 38.3 Å². The predicted octanol–water partition coefficient (Wildman–Crippen LogP) is 2.77. The molecule has 0 bridgehead atoms. The van der Waals surface area contributed by atoms with Gasteiger partial charge in [0.2, 0.25) is 0 Å². The minimum atomic E-state index is 0.607. The van der Waals surface area contributed by atoms with Gasteiger partial charge in [-0.3, -0.25) is 4.99 Å². The highest BCUT2D eigenvalue weighted by Crippen LogP contribution is 2.27. The molecule has 1 heterocycles. The first-order chi connectivity index (χ1) is 6.90. The van der Waals surface area contributed by atoms with Gasteiger partial charge in [0.15, 0.2) is 5.82 Å². The number of nitrogens with zero attached hydrogens (tertiary/aromatic N) is 2. The van der Waals surface area contributed by atoms with Gasteiger partial charge in [-0.2, -0.15) is 0 Å². The Kier molecular flexibility index (Phi) is 2.77. The summed E-state index contributed by atoms with van der Waals surface area (Å²) in [7, 11) is 0. The molecule has 0 aromatic carbocycles. The van der Waals surface area contributed by atoms with Gasteiger partial charge < -0.3 is 5.32 Å². The van der Waals surface area contributed by atoms with Crippen LogP contribution in [-0.4, -0.2) is 17.2 Å². The molecular formula is C11H15N3. The molecule has 0 saturated heterocycles. The van der Waals surface area contributed by atoms with Crippen molar-refractivity contribution in [2.24, 2.45) is 4.99 Å². The van der Waals surface area contributed by atoms with Crippen molar-refractivity contribution >= 4 is 17.7 Å². The van der Waals surface area contributed by atoms with Crippen LogP contribution in [0.1, 0.15) is 26.2 Å². The number of aliphatic imine (C=N–C) groups is 1. The van der Waals surface area contributed by atoms with Gasteiger partial charge in [0, 0.05) is 18.5 Å². The second-order valence-corrected chi connectivity index (χ2v) is 3.53. The molecule has 2 rings (SSSR count). The Morgan fingerprint density at radius 3 is 3.07 bits per heavy atom. The average Bonchev–Trinajstić information content (AvgIpc) is 2.14. The monoisotopic (exact) mass is 189 g/mol. The molecule has 1 N–H and O–H groups in total. The summed E-state index contributed by atoms with van der Waals surface area (Å²) in [6.45, 7) is 1.92. The summed E-state index contributed by atoms with van der Waals surface area (Å²) in [6.07, 6.45) is 7.44. The highest BCUT2D eigenvalue weighted by atomic mass is 15.0. The summed E-state index contributed by atoms with van der Waals surface area (Å²) in [4.78, 5) is 8.56. The fourth-order valence-corrected chi connectivity index (χ4v) is 1.50. The number of rotatable bonds is 3. The van der Waals surface area contributed by atoms with Crippen molar-refractivity contribution in [1.29, 1.82) is 0 Å². The first-order valence-electron chi connectivity index (χ1n) is 5.10. The molecule has 1 saturated carbocycles. The zero-order valence-corrected chi connectivity index (χ0v) is 8.40. The molecule has 0 spiro atoms. The van der Waals surface area contributed by atoms with E-state index in [1.165, 1.54) is 19.3 Å². The van der Waals surface area contributed by atoms with Crippen LogP contribution in [0.15, 0.2) is 23.3 Å². The average molecular weight is 189 g/mol. The molecule has 1 fully saturated rings. The van der Waals surface area contributed by atoms with E-state index in [4.69, 9.17) is 0 Å². The minimum absolute atomic E-state index is 0.607. The maximum Gasteiger partial charge on any atom is 0.152 e. The SMILES string of the molecule is CC=Nc1cccnc1NC1CCC1. The van der Waals surface area contributed by atoms with E-state index >= 15 is 0 Å². The lowest BCUT2D eigenvalue weighted by Crippen LogP contribution is -2.27. The van der Waals surface area contributed by atoms with Gasteiger partial charge in [0.1, 0.15) is 5.69 Å². The lowest BCUT2D eigenvalue weighted by Gasteiger charge is -2.27. The minimum Gasteiger partial charge on any atom is -0.366 e. The zero-order valence-electron chi connectivity index (χ0n) is 8.40. The fraction of sp³-hybridized carbons (Fsp3) is 0.455. The summed E-state index contributed by atoms with van der Waals surface area (Å²) in [5, 5.41) is 3.41. The molecule has 74 valence electrons. The largest absolute Gasteiger partial charge is 0.366 e. The maximum absolute atomic E-state index is 4.29. The smallest absolute Gasteiger partial charge is 0.152 e. The first kappa shape index (κ1) is 9.19. The molecule has 3 heteroatoms. The quantitative estimate of drug-likeness (QED) is 0.742. The van der Waals surface area contributed by atoms with Crippen molar-refractivity contribution in [1.82, 2.24) is 4.98 Å². The normalized spacial score (nSPS) is 16.9. The molecule has 0 radical (unpaired) electrons. The fourth-order valence-electron chi connectivity index (χ4n) is 1.50. The van der Waals surface area contributed by atoms with Crippen LogP contribution in [0, 0.1) is 0 Å². The Morgan fingerprint density at radius 2 is 2.43 bits per heavy atom. The standard InChI is InChI=1S/C11H15N3/c1-2-12-10-7-4-8-13-11(10)14-9-5-3-6-9/h2,4,7-9H,3,5-6H2,1H3,(H,13,14). The highest BCUT2D eigenvalue weighted by molar-refractivity contribution is 5.68. The van der Waals surface area contributed by atoms with Crippen LogP contribution in [0.25, 0.3) is 0 Å². The van der Waals surface area contributed by atoms with Crippen molar-refractivity contribution in [3.63, 3.8) is 0 Å². The molecule has 1 aromatic rings. The molecule has 1 aliphatic rings. The second-order valence-electron chi connectivity index (χ2n) is 3.53. The zero-order chi connectivity index (χ0) is 9.80.